The minimum atomic E-state index is 0.318. The molecule has 0 spiro atoms. The van der Waals surface area contributed by atoms with Crippen LogP contribution < -0.4 is 0 Å². The second-order valence-corrected chi connectivity index (χ2v) is 1.75. The molecule has 0 saturated heterocycles. The molecule has 0 bridgehead atoms. The van der Waals surface area contributed by atoms with Crippen LogP contribution in [0.25, 0.3) is 0 Å². The van der Waals surface area contributed by atoms with Gasteiger partial charge >= 0.3 is 0 Å². The summed E-state index contributed by atoms with van der Waals surface area (Å²) < 4.78 is 0. The van der Waals surface area contributed by atoms with Gasteiger partial charge in [0.05, 0.1) is 0 Å². The SMILES string of the molecule is CCCN=CC=NCCl. The fourth-order valence-corrected chi connectivity index (χ4v) is 0.417. The van der Waals surface area contributed by atoms with Crippen molar-refractivity contribution in [2.75, 3.05) is 12.5 Å². The highest BCUT2D eigenvalue weighted by atomic mass is 35.5. The van der Waals surface area contributed by atoms with Crippen LogP contribution in [0.4, 0.5) is 0 Å². The molecule has 0 atom stereocenters. The van der Waals surface area contributed by atoms with Crippen molar-refractivity contribution in [3.8, 4) is 0 Å². The van der Waals surface area contributed by atoms with Crippen LogP contribution in [0.5, 0.6) is 0 Å². The van der Waals surface area contributed by atoms with Gasteiger partial charge in [-0.1, -0.05) is 6.92 Å². The molecule has 9 heavy (non-hydrogen) atoms. The maximum absolute atomic E-state index is 5.25. The van der Waals surface area contributed by atoms with Gasteiger partial charge in [-0.15, -0.1) is 11.6 Å². The number of hydrogen-bond donors (Lipinski definition) is 0. The minimum Gasteiger partial charge on any atom is -0.292 e. The van der Waals surface area contributed by atoms with Crippen LogP contribution in [0.15, 0.2) is 9.98 Å². The van der Waals surface area contributed by atoms with Gasteiger partial charge in [0.2, 0.25) is 0 Å². The van der Waals surface area contributed by atoms with E-state index in [1.807, 2.05) is 0 Å². The molecule has 0 fully saturated rings. The quantitative estimate of drug-likeness (QED) is 0.328. The van der Waals surface area contributed by atoms with Gasteiger partial charge in [0.1, 0.15) is 6.00 Å². The number of alkyl halides is 1. The third-order valence-corrected chi connectivity index (χ3v) is 0.837. The lowest BCUT2D eigenvalue weighted by atomic mass is 10.5. The van der Waals surface area contributed by atoms with Crippen molar-refractivity contribution in [1.82, 2.24) is 0 Å². The van der Waals surface area contributed by atoms with E-state index < -0.39 is 0 Å². The average molecular weight is 147 g/mol. The third kappa shape index (κ3) is 7.63. The Morgan fingerprint density at radius 1 is 1.33 bits per heavy atom. The number of rotatable bonds is 4. The Bertz CT molecular complexity index is 99.2. The van der Waals surface area contributed by atoms with Crippen LogP contribution in [0, 0.1) is 0 Å². The van der Waals surface area contributed by atoms with Gasteiger partial charge in [0, 0.05) is 19.0 Å². The summed E-state index contributed by atoms with van der Waals surface area (Å²) in [6.45, 7) is 2.95. The molecule has 0 N–H and O–H groups in total. The minimum absolute atomic E-state index is 0.318. The Balaban J connectivity index is 3.13. The van der Waals surface area contributed by atoms with Crippen LogP contribution >= 0.6 is 11.6 Å². The number of halogens is 1. The van der Waals surface area contributed by atoms with Crippen molar-refractivity contribution in [2.45, 2.75) is 13.3 Å². The lowest BCUT2D eigenvalue weighted by Crippen LogP contribution is -1.79. The fourth-order valence-electron chi connectivity index (χ4n) is 0.338. The second kappa shape index (κ2) is 7.63. The van der Waals surface area contributed by atoms with E-state index in [1.54, 1.807) is 12.4 Å². The molecule has 3 heteroatoms. The van der Waals surface area contributed by atoms with E-state index in [4.69, 9.17) is 11.6 Å². The molecule has 0 aliphatic rings. The van der Waals surface area contributed by atoms with Crippen molar-refractivity contribution in [3.63, 3.8) is 0 Å². The van der Waals surface area contributed by atoms with E-state index in [2.05, 4.69) is 16.9 Å². The summed E-state index contributed by atoms with van der Waals surface area (Å²) in [7, 11) is 0. The van der Waals surface area contributed by atoms with Gasteiger partial charge in [0.15, 0.2) is 0 Å². The van der Waals surface area contributed by atoms with Gasteiger partial charge in [-0.25, -0.2) is 0 Å². The fraction of sp³-hybridized carbons (Fsp3) is 0.667. The van der Waals surface area contributed by atoms with Crippen LogP contribution in [0.2, 0.25) is 0 Å². The molecular weight excluding hydrogens is 136 g/mol. The second-order valence-electron chi connectivity index (χ2n) is 1.51. The monoisotopic (exact) mass is 146 g/mol. The average Bonchev–Trinajstić information content (AvgIpc) is 1.89. The molecule has 0 radical (unpaired) electrons. The molecule has 0 aliphatic carbocycles. The van der Waals surface area contributed by atoms with E-state index in [9.17, 15) is 0 Å². The van der Waals surface area contributed by atoms with Gasteiger partial charge in [-0.3, -0.25) is 9.98 Å². The summed E-state index contributed by atoms with van der Waals surface area (Å²) in [4.78, 5) is 7.73. The van der Waals surface area contributed by atoms with Crippen molar-refractivity contribution in [3.05, 3.63) is 0 Å². The standard InChI is InChI=1S/C6H11ClN2/c1-2-3-8-4-5-9-6-7/h4-5H,2-3,6H2,1H3. The lowest BCUT2D eigenvalue weighted by molar-refractivity contribution is 0.938. The molecule has 0 aliphatic heterocycles. The van der Waals surface area contributed by atoms with Crippen molar-refractivity contribution in [2.24, 2.45) is 9.98 Å². The van der Waals surface area contributed by atoms with Crippen molar-refractivity contribution >= 4 is 24.0 Å². The normalized spacial score (nSPS) is 11.8. The van der Waals surface area contributed by atoms with Crippen LogP contribution in [0.3, 0.4) is 0 Å². The number of aliphatic imine (C=N–C) groups is 2. The van der Waals surface area contributed by atoms with Gasteiger partial charge in [-0.05, 0) is 6.42 Å². The van der Waals surface area contributed by atoms with Gasteiger partial charge < -0.3 is 0 Å². The molecule has 0 heterocycles. The van der Waals surface area contributed by atoms with Crippen molar-refractivity contribution in [1.29, 1.82) is 0 Å². The summed E-state index contributed by atoms with van der Waals surface area (Å²) in [6.07, 6.45) is 4.36. The van der Waals surface area contributed by atoms with Crippen LogP contribution in [0.1, 0.15) is 13.3 Å². The Kier molecular flexibility index (Phi) is 7.32. The summed E-state index contributed by atoms with van der Waals surface area (Å²) in [5.41, 5.74) is 0. The smallest absolute Gasteiger partial charge is 0.113 e. The summed E-state index contributed by atoms with van der Waals surface area (Å²) in [5.74, 6) is 0. The Morgan fingerprint density at radius 2 is 2.00 bits per heavy atom. The largest absolute Gasteiger partial charge is 0.292 e. The predicted octanol–water partition coefficient (Wildman–Crippen LogP) is 1.73. The van der Waals surface area contributed by atoms with E-state index >= 15 is 0 Å². The Morgan fingerprint density at radius 3 is 2.56 bits per heavy atom. The molecule has 0 saturated carbocycles. The highest BCUT2D eigenvalue weighted by molar-refractivity contribution is 6.20. The summed E-state index contributed by atoms with van der Waals surface area (Å²) in [5, 5.41) is 0. The third-order valence-electron chi connectivity index (χ3n) is 0.699. The zero-order valence-corrected chi connectivity index (χ0v) is 6.30. The molecule has 0 amide bonds. The summed E-state index contributed by atoms with van der Waals surface area (Å²) in [6, 6.07) is 0.318. The van der Waals surface area contributed by atoms with Gasteiger partial charge in [0.25, 0.3) is 0 Å². The molecule has 0 aromatic heterocycles. The predicted molar refractivity (Wildman–Crippen MR) is 42.9 cm³/mol. The molecule has 52 valence electrons. The maximum atomic E-state index is 5.25. The molecular formula is C6H11ClN2. The Hall–Kier alpha value is -0.370. The zero-order chi connectivity index (χ0) is 6.95. The topological polar surface area (TPSA) is 24.7 Å². The first-order chi connectivity index (χ1) is 4.41. The molecule has 2 nitrogen and oxygen atoms in total. The van der Waals surface area contributed by atoms with Gasteiger partial charge in [-0.2, -0.15) is 0 Å². The van der Waals surface area contributed by atoms with Crippen molar-refractivity contribution < 1.29 is 0 Å². The first-order valence-corrected chi connectivity index (χ1v) is 3.49. The summed E-state index contributed by atoms with van der Waals surface area (Å²) >= 11 is 5.25. The number of hydrogen-bond acceptors (Lipinski definition) is 2. The Labute approximate surface area is 60.7 Å². The zero-order valence-electron chi connectivity index (χ0n) is 5.55. The van der Waals surface area contributed by atoms with Crippen LogP contribution in [-0.2, 0) is 0 Å². The number of nitrogens with zero attached hydrogens (tertiary/aromatic N) is 2. The van der Waals surface area contributed by atoms with E-state index in [1.165, 1.54) is 0 Å². The highest BCUT2D eigenvalue weighted by Gasteiger charge is 1.69. The highest BCUT2D eigenvalue weighted by Crippen LogP contribution is 1.74. The molecule has 0 aromatic carbocycles. The maximum Gasteiger partial charge on any atom is 0.113 e. The van der Waals surface area contributed by atoms with E-state index in [0.717, 1.165) is 13.0 Å². The van der Waals surface area contributed by atoms with Crippen LogP contribution in [-0.4, -0.2) is 25.0 Å². The first-order valence-electron chi connectivity index (χ1n) is 2.96. The molecule has 0 aromatic rings. The molecule has 0 rings (SSSR count). The first kappa shape index (κ1) is 8.63. The lowest BCUT2D eigenvalue weighted by Gasteiger charge is -1.80. The van der Waals surface area contributed by atoms with E-state index in [0.29, 0.717) is 6.00 Å². The molecule has 0 unspecified atom stereocenters. The van der Waals surface area contributed by atoms with E-state index in [-0.39, 0.29) is 0 Å².